The Morgan fingerprint density at radius 1 is 1.06 bits per heavy atom. The van der Waals surface area contributed by atoms with E-state index in [0.717, 1.165) is 35.0 Å². The Kier molecular flexibility index (Phi) is 4.59. The van der Waals surface area contributed by atoms with Crippen LogP contribution in [0.15, 0.2) is 48.8 Å². The van der Waals surface area contributed by atoms with Gasteiger partial charge in [-0.1, -0.05) is 18.2 Å². The number of aryl methyl sites for hydroxylation is 1. The number of nitrogens with two attached hydrogens (primary N) is 1. The molecule has 3 aromatic rings. The molecule has 1 saturated carbocycles. The summed E-state index contributed by atoms with van der Waals surface area (Å²) in [5, 5.41) is 0. The van der Waals surface area contributed by atoms with Gasteiger partial charge in [-0.25, -0.2) is 4.98 Å². The van der Waals surface area contributed by atoms with Gasteiger partial charge >= 0.3 is 0 Å². The van der Waals surface area contributed by atoms with Crippen LogP contribution in [0.4, 0.5) is 0 Å². The lowest BCUT2D eigenvalue weighted by atomic mass is 10.0. The van der Waals surface area contributed by atoms with Crippen molar-refractivity contribution in [1.82, 2.24) is 19.4 Å². The Morgan fingerprint density at radius 3 is 2.45 bits per heavy atom. The number of nitrogens with zero attached hydrogens (tertiary/aromatic N) is 4. The summed E-state index contributed by atoms with van der Waals surface area (Å²) in [6.45, 7) is 3.58. The van der Waals surface area contributed by atoms with Gasteiger partial charge in [-0.2, -0.15) is 0 Å². The van der Waals surface area contributed by atoms with E-state index in [1.807, 2.05) is 58.9 Å². The molecule has 1 saturated heterocycles. The molecular formula is C24H27N5O2. The van der Waals surface area contributed by atoms with Gasteiger partial charge in [-0.15, -0.1) is 0 Å². The molecular weight excluding hydrogens is 390 g/mol. The summed E-state index contributed by atoms with van der Waals surface area (Å²) >= 11 is 0. The van der Waals surface area contributed by atoms with Crippen LogP contribution in [0.5, 0.6) is 0 Å². The van der Waals surface area contributed by atoms with E-state index >= 15 is 0 Å². The van der Waals surface area contributed by atoms with Crippen LogP contribution in [0.3, 0.4) is 0 Å². The highest BCUT2D eigenvalue weighted by Gasteiger charge is 2.49. The first-order valence-corrected chi connectivity index (χ1v) is 10.8. The first-order valence-electron chi connectivity index (χ1n) is 10.8. The van der Waals surface area contributed by atoms with Gasteiger partial charge in [0.1, 0.15) is 0 Å². The molecule has 0 bridgehead atoms. The molecule has 1 aromatic heterocycles. The molecule has 1 aliphatic heterocycles. The fourth-order valence-corrected chi connectivity index (χ4v) is 4.38. The zero-order valence-electron chi connectivity index (χ0n) is 17.9. The maximum absolute atomic E-state index is 13.0. The average Bonchev–Trinajstić information content (AvgIpc) is 3.44. The highest BCUT2D eigenvalue weighted by atomic mass is 16.2. The summed E-state index contributed by atoms with van der Waals surface area (Å²) in [5.74, 6) is 0.0286. The van der Waals surface area contributed by atoms with Gasteiger partial charge in [-0.3, -0.25) is 9.59 Å². The van der Waals surface area contributed by atoms with Crippen LogP contribution in [0.1, 0.15) is 30.1 Å². The van der Waals surface area contributed by atoms with Crippen molar-refractivity contribution >= 4 is 22.8 Å². The van der Waals surface area contributed by atoms with E-state index in [9.17, 15) is 9.59 Å². The number of aromatic nitrogens is 2. The van der Waals surface area contributed by atoms with Gasteiger partial charge in [-0.05, 0) is 55.2 Å². The van der Waals surface area contributed by atoms with Crippen LogP contribution in [0.25, 0.3) is 22.2 Å². The minimum Gasteiger partial charge on any atom is -0.335 e. The first kappa shape index (κ1) is 19.8. The molecule has 7 nitrogen and oxygen atoms in total. The number of imidazole rings is 1. The second kappa shape index (κ2) is 7.20. The second-order valence-corrected chi connectivity index (χ2v) is 8.89. The molecule has 2 aromatic carbocycles. The smallest absolute Gasteiger partial charge is 0.253 e. The number of carbonyl (C=O) groups excluding carboxylic acids is 2. The zero-order chi connectivity index (χ0) is 21.8. The van der Waals surface area contributed by atoms with E-state index in [1.54, 1.807) is 0 Å². The number of rotatable bonds is 3. The highest BCUT2D eigenvalue weighted by molar-refractivity contribution is 5.95. The molecule has 2 amide bonds. The molecule has 0 unspecified atom stereocenters. The monoisotopic (exact) mass is 417 g/mol. The standard InChI is InChI=1S/C24H27N5O2/c1-16-14-28(11-12-29(16)23(31)24(25)9-10-24)22(30)18-5-3-17(4-6-18)19-7-8-21-20(13-19)26-15-27(21)2/h3-8,13,15-16H,9-12,14,25H2,1-2H3/t16-/m0/s1. The molecule has 31 heavy (non-hydrogen) atoms. The number of piperazine rings is 1. The van der Waals surface area contributed by atoms with Gasteiger partial charge < -0.3 is 20.1 Å². The van der Waals surface area contributed by atoms with E-state index in [2.05, 4.69) is 23.2 Å². The summed E-state index contributed by atoms with van der Waals surface area (Å²) < 4.78 is 1.99. The van der Waals surface area contributed by atoms with Crippen molar-refractivity contribution in [1.29, 1.82) is 0 Å². The van der Waals surface area contributed by atoms with Gasteiger partial charge in [0.2, 0.25) is 5.91 Å². The molecule has 1 aliphatic carbocycles. The summed E-state index contributed by atoms with van der Waals surface area (Å²) in [6.07, 6.45) is 3.33. The van der Waals surface area contributed by atoms with Crippen LogP contribution < -0.4 is 5.73 Å². The van der Waals surface area contributed by atoms with Crippen LogP contribution in [0.2, 0.25) is 0 Å². The maximum atomic E-state index is 13.0. The van der Waals surface area contributed by atoms with E-state index in [0.29, 0.717) is 25.2 Å². The molecule has 5 rings (SSSR count). The van der Waals surface area contributed by atoms with E-state index < -0.39 is 5.54 Å². The molecule has 160 valence electrons. The number of fused-ring (bicyclic) bond motifs is 1. The minimum absolute atomic E-state index is 0.000407. The van der Waals surface area contributed by atoms with E-state index in [1.165, 1.54) is 0 Å². The number of carbonyl (C=O) groups is 2. The fraction of sp³-hybridized carbons (Fsp3) is 0.375. The number of benzene rings is 2. The van der Waals surface area contributed by atoms with Gasteiger partial charge in [0.25, 0.3) is 5.91 Å². The number of hydrogen-bond acceptors (Lipinski definition) is 4. The van der Waals surface area contributed by atoms with E-state index in [4.69, 9.17) is 5.73 Å². The lowest BCUT2D eigenvalue weighted by Gasteiger charge is -2.41. The van der Waals surface area contributed by atoms with Crippen molar-refractivity contribution in [3.05, 3.63) is 54.4 Å². The molecule has 2 N–H and O–H groups in total. The normalized spacial score (nSPS) is 20.2. The molecule has 2 heterocycles. The molecule has 1 atom stereocenters. The SMILES string of the molecule is C[C@H]1CN(C(=O)c2ccc(-c3ccc4c(c3)ncn4C)cc2)CCN1C(=O)C1(N)CC1. The Balaban J connectivity index is 1.28. The summed E-state index contributed by atoms with van der Waals surface area (Å²) in [5.41, 5.74) is 10.2. The maximum Gasteiger partial charge on any atom is 0.253 e. The predicted molar refractivity (Wildman–Crippen MR) is 119 cm³/mol. The Hall–Kier alpha value is -3.19. The highest BCUT2D eigenvalue weighted by Crippen LogP contribution is 2.35. The number of amides is 2. The Labute approximate surface area is 181 Å². The molecule has 2 aliphatic rings. The van der Waals surface area contributed by atoms with Crippen molar-refractivity contribution in [2.45, 2.75) is 31.3 Å². The van der Waals surface area contributed by atoms with Crippen LogP contribution in [0, 0.1) is 0 Å². The van der Waals surface area contributed by atoms with Crippen LogP contribution in [-0.4, -0.2) is 62.4 Å². The van der Waals surface area contributed by atoms with Gasteiger partial charge in [0, 0.05) is 38.3 Å². The summed E-state index contributed by atoms with van der Waals surface area (Å²) in [6, 6.07) is 13.9. The minimum atomic E-state index is -0.658. The summed E-state index contributed by atoms with van der Waals surface area (Å²) in [4.78, 5) is 33.7. The zero-order valence-corrected chi connectivity index (χ0v) is 17.9. The molecule has 0 radical (unpaired) electrons. The van der Waals surface area contributed by atoms with Crippen LogP contribution in [-0.2, 0) is 11.8 Å². The van der Waals surface area contributed by atoms with Gasteiger partial charge in [0.05, 0.1) is 22.9 Å². The van der Waals surface area contributed by atoms with Crippen molar-refractivity contribution in [3.63, 3.8) is 0 Å². The predicted octanol–water partition coefficient (Wildman–Crippen LogP) is 2.40. The quantitative estimate of drug-likeness (QED) is 0.709. The molecule has 0 spiro atoms. The number of hydrogen-bond donors (Lipinski definition) is 1. The van der Waals surface area contributed by atoms with Crippen molar-refractivity contribution < 1.29 is 9.59 Å². The topological polar surface area (TPSA) is 84.5 Å². The van der Waals surface area contributed by atoms with Crippen molar-refractivity contribution in [2.24, 2.45) is 12.8 Å². The Morgan fingerprint density at radius 2 is 1.77 bits per heavy atom. The third-order valence-corrected chi connectivity index (χ3v) is 6.58. The molecule has 2 fully saturated rings. The summed E-state index contributed by atoms with van der Waals surface area (Å²) in [7, 11) is 1.98. The lowest BCUT2D eigenvalue weighted by Crippen LogP contribution is -2.59. The van der Waals surface area contributed by atoms with E-state index in [-0.39, 0.29) is 17.9 Å². The van der Waals surface area contributed by atoms with Crippen molar-refractivity contribution in [2.75, 3.05) is 19.6 Å². The largest absolute Gasteiger partial charge is 0.335 e. The first-order chi connectivity index (χ1) is 14.9. The average molecular weight is 418 g/mol. The van der Waals surface area contributed by atoms with Gasteiger partial charge in [0.15, 0.2) is 0 Å². The second-order valence-electron chi connectivity index (χ2n) is 8.89. The fourth-order valence-electron chi connectivity index (χ4n) is 4.38. The molecule has 7 heteroatoms. The van der Waals surface area contributed by atoms with Crippen LogP contribution >= 0.6 is 0 Å². The lowest BCUT2D eigenvalue weighted by molar-refractivity contribution is -0.137. The third kappa shape index (κ3) is 3.49. The third-order valence-electron chi connectivity index (χ3n) is 6.58. The Bertz CT molecular complexity index is 1160. The van der Waals surface area contributed by atoms with Crippen molar-refractivity contribution in [3.8, 4) is 11.1 Å².